The van der Waals surface area contributed by atoms with Gasteiger partial charge in [0.2, 0.25) is 0 Å². The minimum absolute atomic E-state index is 0.401. The monoisotopic (exact) mass is 260 g/mol. The van der Waals surface area contributed by atoms with E-state index in [2.05, 4.69) is 10.6 Å². The standard InChI is InChI=1S/C12H15F3N2O/c1-3-16-11(18)17-8(2)9-5-4-6-10(7-9)12(13,14)15/h4-8H,3H2,1-2H3,(H2,16,17,18). The van der Waals surface area contributed by atoms with Crippen LogP contribution in [0.15, 0.2) is 24.3 Å². The van der Waals surface area contributed by atoms with E-state index in [1.54, 1.807) is 19.9 Å². The molecule has 0 aliphatic carbocycles. The van der Waals surface area contributed by atoms with Crippen LogP contribution in [0.25, 0.3) is 0 Å². The Labute approximate surface area is 103 Å². The number of alkyl halides is 3. The lowest BCUT2D eigenvalue weighted by molar-refractivity contribution is -0.137. The summed E-state index contributed by atoms with van der Waals surface area (Å²) >= 11 is 0. The average Bonchev–Trinajstić information content (AvgIpc) is 2.28. The molecular formula is C12H15F3N2O. The molecule has 1 aromatic carbocycles. The van der Waals surface area contributed by atoms with Crippen molar-refractivity contribution in [2.24, 2.45) is 0 Å². The maximum absolute atomic E-state index is 12.5. The lowest BCUT2D eigenvalue weighted by Gasteiger charge is -2.16. The molecule has 1 aromatic rings. The maximum atomic E-state index is 12.5. The van der Waals surface area contributed by atoms with Crippen LogP contribution in [0.1, 0.15) is 31.0 Å². The van der Waals surface area contributed by atoms with Gasteiger partial charge < -0.3 is 10.6 Å². The van der Waals surface area contributed by atoms with Crippen molar-refractivity contribution in [3.8, 4) is 0 Å². The number of urea groups is 1. The number of nitrogens with one attached hydrogen (secondary N) is 2. The number of benzene rings is 1. The Kier molecular flexibility index (Phi) is 4.58. The van der Waals surface area contributed by atoms with E-state index >= 15 is 0 Å². The van der Waals surface area contributed by atoms with Crippen LogP contribution in [-0.4, -0.2) is 12.6 Å². The van der Waals surface area contributed by atoms with Crippen LogP contribution in [0.4, 0.5) is 18.0 Å². The Morgan fingerprint density at radius 1 is 1.39 bits per heavy atom. The summed E-state index contributed by atoms with van der Waals surface area (Å²) < 4.78 is 37.5. The van der Waals surface area contributed by atoms with Gasteiger partial charge in [0.05, 0.1) is 11.6 Å². The van der Waals surface area contributed by atoms with Gasteiger partial charge in [-0.05, 0) is 31.5 Å². The molecule has 100 valence electrons. The Morgan fingerprint density at radius 2 is 2.06 bits per heavy atom. The third kappa shape index (κ3) is 3.94. The zero-order chi connectivity index (χ0) is 13.8. The third-order valence-corrected chi connectivity index (χ3v) is 2.40. The van der Waals surface area contributed by atoms with Gasteiger partial charge in [-0.15, -0.1) is 0 Å². The lowest BCUT2D eigenvalue weighted by atomic mass is 10.1. The minimum Gasteiger partial charge on any atom is -0.338 e. The first-order valence-corrected chi connectivity index (χ1v) is 5.56. The quantitative estimate of drug-likeness (QED) is 0.861. The summed E-state index contributed by atoms with van der Waals surface area (Å²) in [6, 6.07) is 4.03. The summed E-state index contributed by atoms with van der Waals surface area (Å²) in [7, 11) is 0. The fraction of sp³-hybridized carbons (Fsp3) is 0.417. The van der Waals surface area contributed by atoms with Crippen molar-refractivity contribution >= 4 is 6.03 Å². The molecule has 1 atom stereocenters. The second-order valence-corrected chi connectivity index (χ2v) is 3.85. The zero-order valence-corrected chi connectivity index (χ0v) is 10.1. The Bertz CT molecular complexity index is 418. The van der Waals surface area contributed by atoms with Crippen molar-refractivity contribution in [3.05, 3.63) is 35.4 Å². The van der Waals surface area contributed by atoms with E-state index < -0.39 is 23.8 Å². The molecule has 2 N–H and O–H groups in total. The second-order valence-electron chi connectivity index (χ2n) is 3.85. The molecule has 0 aromatic heterocycles. The molecule has 0 fully saturated rings. The Balaban J connectivity index is 2.80. The van der Waals surface area contributed by atoms with Gasteiger partial charge in [0.15, 0.2) is 0 Å². The van der Waals surface area contributed by atoms with E-state index in [1.807, 2.05) is 0 Å². The summed E-state index contributed by atoms with van der Waals surface area (Å²) in [4.78, 5) is 11.3. The molecule has 0 heterocycles. The van der Waals surface area contributed by atoms with E-state index in [-0.39, 0.29) is 0 Å². The highest BCUT2D eigenvalue weighted by Gasteiger charge is 2.30. The van der Waals surface area contributed by atoms with E-state index in [9.17, 15) is 18.0 Å². The fourth-order valence-corrected chi connectivity index (χ4v) is 1.48. The number of carbonyl (C=O) groups is 1. The van der Waals surface area contributed by atoms with Crippen molar-refractivity contribution in [2.45, 2.75) is 26.1 Å². The first-order chi connectivity index (χ1) is 8.34. The first-order valence-electron chi connectivity index (χ1n) is 5.56. The van der Waals surface area contributed by atoms with Crippen molar-refractivity contribution in [1.29, 1.82) is 0 Å². The predicted molar refractivity (Wildman–Crippen MR) is 62.1 cm³/mol. The third-order valence-electron chi connectivity index (χ3n) is 2.40. The molecular weight excluding hydrogens is 245 g/mol. The predicted octanol–water partition coefficient (Wildman–Crippen LogP) is 3.09. The van der Waals surface area contributed by atoms with Gasteiger partial charge in [0.25, 0.3) is 0 Å². The van der Waals surface area contributed by atoms with Gasteiger partial charge in [-0.3, -0.25) is 0 Å². The zero-order valence-electron chi connectivity index (χ0n) is 10.1. The highest BCUT2D eigenvalue weighted by atomic mass is 19.4. The van der Waals surface area contributed by atoms with Crippen LogP contribution in [0.5, 0.6) is 0 Å². The van der Waals surface area contributed by atoms with E-state index in [0.29, 0.717) is 12.1 Å². The average molecular weight is 260 g/mol. The SMILES string of the molecule is CCNC(=O)NC(C)c1cccc(C(F)(F)F)c1. The van der Waals surface area contributed by atoms with E-state index in [1.165, 1.54) is 6.07 Å². The molecule has 1 unspecified atom stereocenters. The molecule has 6 heteroatoms. The van der Waals surface area contributed by atoms with Crippen molar-refractivity contribution in [3.63, 3.8) is 0 Å². The molecule has 0 saturated carbocycles. The maximum Gasteiger partial charge on any atom is 0.416 e. The fourth-order valence-electron chi connectivity index (χ4n) is 1.48. The number of rotatable bonds is 3. The molecule has 18 heavy (non-hydrogen) atoms. The van der Waals surface area contributed by atoms with Gasteiger partial charge in [0, 0.05) is 6.54 Å². The van der Waals surface area contributed by atoms with Crippen LogP contribution >= 0.6 is 0 Å². The summed E-state index contributed by atoms with van der Waals surface area (Å²) in [6.07, 6.45) is -4.37. The number of amides is 2. The highest BCUT2D eigenvalue weighted by Crippen LogP contribution is 2.30. The number of hydrogen-bond donors (Lipinski definition) is 2. The lowest BCUT2D eigenvalue weighted by Crippen LogP contribution is -2.36. The molecule has 0 radical (unpaired) electrons. The number of hydrogen-bond acceptors (Lipinski definition) is 1. The molecule has 0 saturated heterocycles. The van der Waals surface area contributed by atoms with Crippen molar-refractivity contribution in [2.75, 3.05) is 6.54 Å². The Morgan fingerprint density at radius 3 is 2.61 bits per heavy atom. The van der Waals surface area contributed by atoms with E-state index in [0.717, 1.165) is 12.1 Å². The summed E-state index contributed by atoms with van der Waals surface area (Å²) in [5.41, 5.74) is -0.305. The molecule has 3 nitrogen and oxygen atoms in total. The Hall–Kier alpha value is -1.72. The normalized spacial score (nSPS) is 12.9. The van der Waals surface area contributed by atoms with E-state index in [4.69, 9.17) is 0 Å². The van der Waals surface area contributed by atoms with Gasteiger partial charge in [-0.25, -0.2) is 4.79 Å². The summed E-state index contributed by atoms with van der Waals surface area (Å²) in [5, 5.41) is 5.08. The molecule has 0 aliphatic rings. The van der Waals surface area contributed by atoms with Crippen LogP contribution in [0.3, 0.4) is 0 Å². The smallest absolute Gasteiger partial charge is 0.338 e. The molecule has 0 bridgehead atoms. The second kappa shape index (κ2) is 5.75. The van der Waals surface area contributed by atoms with Crippen molar-refractivity contribution < 1.29 is 18.0 Å². The van der Waals surface area contributed by atoms with Gasteiger partial charge in [-0.2, -0.15) is 13.2 Å². The first kappa shape index (κ1) is 14.3. The van der Waals surface area contributed by atoms with Gasteiger partial charge in [-0.1, -0.05) is 12.1 Å². The van der Waals surface area contributed by atoms with Crippen molar-refractivity contribution in [1.82, 2.24) is 10.6 Å². The molecule has 2 amide bonds. The van der Waals surface area contributed by atoms with Gasteiger partial charge >= 0.3 is 12.2 Å². The topological polar surface area (TPSA) is 41.1 Å². The van der Waals surface area contributed by atoms with Gasteiger partial charge in [0.1, 0.15) is 0 Å². The highest BCUT2D eigenvalue weighted by molar-refractivity contribution is 5.74. The van der Waals surface area contributed by atoms with Crippen LogP contribution in [0, 0.1) is 0 Å². The largest absolute Gasteiger partial charge is 0.416 e. The van der Waals surface area contributed by atoms with Crippen LogP contribution < -0.4 is 10.6 Å². The number of carbonyl (C=O) groups excluding carboxylic acids is 1. The molecule has 0 spiro atoms. The summed E-state index contributed by atoms with van der Waals surface area (Å²) in [6.45, 7) is 3.85. The number of halogens is 3. The molecule has 0 aliphatic heterocycles. The van der Waals surface area contributed by atoms with Crippen LogP contribution in [0.2, 0.25) is 0 Å². The minimum atomic E-state index is -4.37. The molecule has 1 rings (SSSR count). The van der Waals surface area contributed by atoms with Crippen LogP contribution in [-0.2, 0) is 6.18 Å². The summed E-state index contributed by atoms with van der Waals surface area (Å²) in [5.74, 6) is 0.